The quantitative estimate of drug-likeness (QED) is 0.698. The van der Waals surface area contributed by atoms with Crippen molar-refractivity contribution in [2.24, 2.45) is 0 Å². The number of hydrogen-bond acceptors (Lipinski definition) is 6. The van der Waals surface area contributed by atoms with Crippen LogP contribution in [0, 0.1) is 6.92 Å². The van der Waals surface area contributed by atoms with Crippen LogP contribution in [0.4, 0.5) is 0 Å². The van der Waals surface area contributed by atoms with Crippen molar-refractivity contribution in [2.75, 3.05) is 27.3 Å². The molecule has 3 aromatic rings. The number of aryl methyl sites for hydroxylation is 1. The third kappa shape index (κ3) is 3.23. The predicted molar refractivity (Wildman–Crippen MR) is 103 cm³/mol. The second-order valence-corrected chi connectivity index (χ2v) is 7.92. The molecule has 144 valence electrons. The largest absolute Gasteiger partial charge is 0.493 e. The van der Waals surface area contributed by atoms with E-state index in [-0.39, 0.29) is 11.9 Å². The van der Waals surface area contributed by atoms with Crippen LogP contribution in [0.25, 0.3) is 4.96 Å². The minimum Gasteiger partial charge on any atom is -0.493 e. The second kappa shape index (κ2) is 7.36. The number of nitrogens with one attached hydrogen (secondary N) is 1. The first-order valence-corrected chi connectivity index (χ1v) is 10.1. The maximum Gasteiger partial charge on any atom is 0.235 e. The molecule has 1 aliphatic rings. The molecule has 2 aromatic heterocycles. The van der Waals surface area contributed by atoms with E-state index in [0.717, 1.165) is 28.5 Å². The van der Waals surface area contributed by atoms with Gasteiger partial charge in [-0.15, -0.1) is 5.10 Å². The number of thiazole rings is 1. The van der Waals surface area contributed by atoms with Crippen LogP contribution in [-0.4, -0.2) is 47.0 Å². The molecule has 1 aromatic carbocycles. The fourth-order valence-electron chi connectivity index (χ4n) is 3.94. The number of rotatable bonds is 5. The molecule has 0 bridgehead atoms. The summed E-state index contributed by atoms with van der Waals surface area (Å²) in [6, 6.07) is 6.03. The lowest BCUT2D eigenvalue weighted by atomic mass is 10.00. The topological polar surface area (TPSA) is 73.3 Å². The monoisotopic (exact) mass is 389 g/mol. The molecule has 0 spiro atoms. The molecule has 1 atom stereocenters. The van der Waals surface area contributed by atoms with Crippen LogP contribution in [-0.2, 0) is 0 Å². The van der Waals surface area contributed by atoms with Crippen molar-refractivity contribution in [2.45, 2.75) is 32.2 Å². The van der Waals surface area contributed by atoms with Crippen LogP contribution in [0.1, 0.15) is 41.6 Å². The molecule has 2 N–H and O–H groups in total. The zero-order chi connectivity index (χ0) is 19.0. The number of piperidine rings is 1. The molecule has 1 saturated heterocycles. The van der Waals surface area contributed by atoms with Gasteiger partial charge in [-0.1, -0.05) is 11.3 Å². The van der Waals surface area contributed by atoms with Gasteiger partial charge < -0.3 is 19.5 Å². The van der Waals surface area contributed by atoms with Gasteiger partial charge in [-0.25, -0.2) is 4.98 Å². The number of hydrogen-bond donors (Lipinski definition) is 2. The van der Waals surface area contributed by atoms with Crippen LogP contribution in [0.2, 0.25) is 0 Å². The summed E-state index contributed by atoms with van der Waals surface area (Å²) in [5.74, 6) is 2.26. The maximum absolute atomic E-state index is 10.9. The Morgan fingerprint density at radius 2 is 1.89 bits per heavy atom. The highest BCUT2D eigenvalue weighted by Gasteiger charge is 2.34. The van der Waals surface area contributed by atoms with Gasteiger partial charge in [0.15, 0.2) is 17.5 Å². The van der Waals surface area contributed by atoms with Crippen LogP contribution in [0.5, 0.6) is 17.4 Å². The number of methoxy groups -OCH3 is 2. The molecule has 7 nitrogen and oxygen atoms in total. The first-order chi connectivity index (χ1) is 13.1. The number of benzene rings is 1. The molecule has 4 rings (SSSR count). The highest BCUT2D eigenvalue weighted by molar-refractivity contribution is 7.17. The van der Waals surface area contributed by atoms with E-state index in [1.54, 1.807) is 18.7 Å². The molecular formula is C19H25N4O3S+. The third-order valence-corrected chi connectivity index (χ3v) is 6.30. The van der Waals surface area contributed by atoms with E-state index < -0.39 is 0 Å². The molecule has 0 unspecified atom stereocenters. The van der Waals surface area contributed by atoms with Gasteiger partial charge in [0, 0.05) is 5.56 Å². The number of aromatic hydroxyl groups is 1. The Morgan fingerprint density at radius 3 is 2.56 bits per heavy atom. The standard InChI is InChI=1S/C19H24N4O3S/c1-12-20-19-23(21-12)18(24)17(27-19)16(22-9-5-4-6-10-22)13-7-8-14(25-2)15(11-13)26-3/h7-8,11,16,24H,4-6,9-10H2,1-3H3/p+1/t16-/m1/s1. The smallest absolute Gasteiger partial charge is 0.235 e. The fraction of sp³-hybridized carbons (Fsp3) is 0.474. The summed E-state index contributed by atoms with van der Waals surface area (Å²) in [5.41, 5.74) is 1.10. The number of quaternary nitrogens is 1. The van der Waals surface area contributed by atoms with Crippen LogP contribution in [0.3, 0.4) is 0 Å². The van der Waals surface area contributed by atoms with E-state index >= 15 is 0 Å². The predicted octanol–water partition coefficient (Wildman–Crippen LogP) is 1.98. The second-order valence-electron chi connectivity index (χ2n) is 6.91. The van der Waals surface area contributed by atoms with Gasteiger partial charge in [0.05, 0.1) is 27.3 Å². The van der Waals surface area contributed by atoms with Crippen LogP contribution < -0.4 is 14.4 Å². The third-order valence-electron chi connectivity index (χ3n) is 5.21. The lowest BCUT2D eigenvalue weighted by Crippen LogP contribution is -3.13. The number of nitrogens with zero attached hydrogens (tertiary/aromatic N) is 3. The van der Waals surface area contributed by atoms with E-state index in [0.29, 0.717) is 17.3 Å². The van der Waals surface area contributed by atoms with Gasteiger partial charge in [-0.05, 0) is 44.4 Å². The Labute approximate surface area is 162 Å². The zero-order valence-corrected chi connectivity index (χ0v) is 16.7. The molecule has 1 fully saturated rings. The molecule has 0 saturated carbocycles. The number of likely N-dealkylation sites (tertiary alicyclic amines) is 1. The lowest BCUT2D eigenvalue weighted by molar-refractivity contribution is -0.929. The Bertz CT molecular complexity index is 946. The molecule has 0 radical (unpaired) electrons. The summed E-state index contributed by atoms with van der Waals surface area (Å²) in [6.45, 7) is 3.98. The highest BCUT2D eigenvalue weighted by Crippen LogP contribution is 2.38. The van der Waals surface area contributed by atoms with Gasteiger partial charge >= 0.3 is 0 Å². The van der Waals surface area contributed by atoms with E-state index in [1.165, 1.54) is 35.5 Å². The van der Waals surface area contributed by atoms with Gasteiger partial charge in [0.2, 0.25) is 10.8 Å². The van der Waals surface area contributed by atoms with Gasteiger partial charge in [-0.2, -0.15) is 4.52 Å². The van der Waals surface area contributed by atoms with Crippen molar-refractivity contribution in [1.82, 2.24) is 14.6 Å². The highest BCUT2D eigenvalue weighted by atomic mass is 32.1. The minimum atomic E-state index is 0.0129. The average Bonchev–Trinajstić information content (AvgIpc) is 3.20. The Hall–Kier alpha value is -2.32. The van der Waals surface area contributed by atoms with Crippen molar-refractivity contribution in [1.29, 1.82) is 0 Å². The molecule has 0 amide bonds. The molecule has 3 heterocycles. The van der Waals surface area contributed by atoms with E-state index in [1.807, 2.05) is 19.1 Å². The molecule has 1 aliphatic heterocycles. The van der Waals surface area contributed by atoms with Crippen molar-refractivity contribution in [3.63, 3.8) is 0 Å². The summed E-state index contributed by atoms with van der Waals surface area (Å²) in [6.07, 6.45) is 3.65. The number of ether oxygens (including phenoxy) is 2. The first-order valence-electron chi connectivity index (χ1n) is 9.24. The van der Waals surface area contributed by atoms with Gasteiger partial charge in [0.1, 0.15) is 10.7 Å². The SMILES string of the molecule is COc1ccc([C@H](c2sc3nc(C)nn3c2O)[NH+]2CCCCC2)cc1OC. The normalized spacial score (nSPS) is 16.6. The molecule has 0 aliphatic carbocycles. The van der Waals surface area contributed by atoms with Gasteiger partial charge in [-0.3, -0.25) is 0 Å². The van der Waals surface area contributed by atoms with Crippen molar-refractivity contribution in [3.8, 4) is 17.4 Å². The summed E-state index contributed by atoms with van der Waals surface area (Å²) in [7, 11) is 3.28. The van der Waals surface area contributed by atoms with E-state index in [9.17, 15) is 5.11 Å². The van der Waals surface area contributed by atoms with Crippen molar-refractivity contribution in [3.05, 3.63) is 34.5 Å². The summed E-state index contributed by atoms with van der Waals surface area (Å²) in [4.78, 5) is 7.50. The maximum atomic E-state index is 10.9. The Kier molecular flexibility index (Phi) is 4.92. The molecule has 8 heteroatoms. The zero-order valence-electron chi connectivity index (χ0n) is 15.9. The Morgan fingerprint density at radius 1 is 1.15 bits per heavy atom. The van der Waals surface area contributed by atoms with Crippen LogP contribution >= 0.6 is 11.3 Å². The van der Waals surface area contributed by atoms with Crippen LogP contribution in [0.15, 0.2) is 18.2 Å². The van der Waals surface area contributed by atoms with Crippen molar-refractivity contribution < 1.29 is 19.5 Å². The number of aromatic nitrogens is 3. The fourth-order valence-corrected chi connectivity index (χ4v) is 5.12. The minimum absolute atomic E-state index is 0.0129. The molecular weight excluding hydrogens is 364 g/mol. The summed E-state index contributed by atoms with van der Waals surface area (Å²) < 4.78 is 12.5. The lowest BCUT2D eigenvalue weighted by Gasteiger charge is -2.31. The molecule has 27 heavy (non-hydrogen) atoms. The summed E-state index contributed by atoms with van der Waals surface area (Å²) >= 11 is 1.51. The van der Waals surface area contributed by atoms with Crippen molar-refractivity contribution >= 4 is 16.3 Å². The van der Waals surface area contributed by atoms with Gasteiger partial charge in [0.25, 0.3) is 0 Å². The van der Waals surface area contributed by atoms with E-state index in [4.69, 9.17) is 9.47 Å². The van der Waals surface area contributed by atoms with E-state index in [2.05, 4.69) is 16.1 Å². The number of fused-ring (bicyclic) bond motifs is 1. The summed E-state index contributed by atoms with van der Waals surface area (Å²) in [5, 5.41) is 15.2. The first kappa shape index (κ1) is 18.1. The average molecular weight is 390 g/mol. The Balaban J connectivity index is 1.83.